The van der Waals surface area contributed by atoms with Crippen LogP contribution in [0.5, 0.6) is 11.5 Å². The smallest absolute Gasteiger partial charge is 0.350 e. The maximum Gasteiger partial charge on any atom is 0.350 e. The van der Waals surface area contributed by atoms with Crippen LogP contribution in [0.2, 0.25) is 0 Å². The van der Waals surface area contributed by atoms with Gasteiger partial charge in [-0.05, 0) is 54.2 Å². The summed E-state index contributed by atoms with van der Waals surface area (Å²) >= 11 is 0. The first kappa shape index (κ1) is 28.4. The van der Waals surface area contributed by atoms with Crippen molar-refractivity contribution in [1.82, 2.24) is 0 Å². The molecule has 7 unspecified atom stereocenters. The lowest BCUT2D eigenvalue weighted by molar-refractivity contribution is -0.245. The first-order valence-electron chi connectivity index (χ1n) is 14.7. The Morgan fingerprint density at radius 3 is 2.24 bits per heavy atom. The van der Waals surface area contributed by atoms with Crippen molar-refractivity contribution >= 4 is 23.9 Å². The van der Waals surface area contributed by atoms with Gasteiger partial charge in [0.1, 0.15) is 23.7 Å². The van der Waals surface area contributed by atoms with E-state index in [0.717, 1.165) is 0 Å². The average molecular weight is 623 g/mol. The Morgan fingerprint density at radius 2 is 1.58 bits per heavy atom. The molecule has 2 aliphatic carbocycles. The molecule has 13 nitrogen and oxygen atoms in total. The predicted octanol–water partition coefficient (Wildman–Crippen LogP) is 1.01. The number of hydrogen-bond acceptors (Lipinski definition) is 13. The van der Waals surface area contributed by atoms with Gasteiger partial charge >= 0.3 is 23.9 Å². The standard InChI is InChI=1S/C32H30O13/c1-28(2,3)17-13-18-30-19(33)21-31(39,20(34)24(36)42-21)32(30,26(38)41-18)45-27-29(17,30)22(25(37)44-27)43-23(35)14-9-11-16(12-10-14)40-15-7-5-4-6-8-15/h4-12,17-22,27,33-34,39H,13H2,1-3H3/t17?,18?,19-,20+,21?,22-,27?,29?,30?,31+,32?/m0/s1. The van der Waals surface area contributed by atoms with Crippen LogP contribution in [-0.2, 0) is 38.1 Å². The highest BCUT2D eigenvalue weighted by atomic mass is 16.8. The second-order valence-corrected chi connectivity index (χ2v) is 13.7. The normalized spacial score (nSPS) is 43.6. The molecule has 6 aliphatic rings. The zero-order valence-corrected chi connectivity index (χ0v) is 24.4. The summed E-state index contributed by atoms with van der Waals surface area (Å²) in [5, 5.41) is 35.0. The third-order valence-electron chi connectivity index (χ3n) is 10.9. The maximum absolute atomic E-state index is 13.8. The van der Waals surface area contributed by atoms with E-state index in [4.69, 9.17) is 28.4 Å². The minimum atomic E-state index is -2.80. The third kappa shape index (κ3) is 2.94. The van der Waals surface area contributed by atoms with Crippen molar-refractivity contribution in [2.24, 2.45) is 22.2 Å². The molecule has 8 rings (SSSR count). The molecule has 236 valence electrons. The molecule has 13 heteroatoms. The largest absolute Gasteiger partial charge is 0.459 e. The van der Waals surface area contributed by atoms with Crippen LogP contribution < -0.4 is 4.74 Å². The number of aliphatic hydroxyl groups excluding tert-OH is 2. The summed E-state index contributed by atoms with van der Waals surface area (Å²) in [4.78, 5) is 53.7. The molecule has 3 N–H and O–H groups in total. The summed E-state index contributed by atoms with van der Waals surface area (Å²) in [7, 11) is 0. The van der Waals surface area contributed by atoms with Gasteiger partial charge in [0.2, 0.25) is 18.0 Å². The zero-order valence-electron chi connectivity index (χ0n) is 24.4. The minimum absolute atomic E-state index is 0.0664. The lowest BCUT2D eigenvalue weighted by Gasteiger charge is -2.48. The van der Waals surface area contributed by atoms with Crippen molar-refractivity contribution in [3.8, 4) is 11.5 Å². The molecule has 0 amide bonds. The van der Waals surface area contributed by atoms with Crippen LogP contribution in [0, 0.1) is 22.2 Å². The first-order valence-corrected chi connectivity index (χ1v) is 14.7. The van der Waals surface area contributed by atoms with Crippen LogP contribution >= 0.6 is 0 Å². The minimum Gasteiger partial charge on any atom is -0.459 e. The van der Waals surface area contributed by atoms with Gasteiger partial charge in [0.15, 0.2) is 17.8 Å². The Morgan fingerprint density at radius 1 is 0.911 bits per heavy atom. The lowest BCUT2D eigenvalue weighted by Crippen LogP contribution is -2.69. The molecule has 0 radical (unpaired) electrons. The van der Waals surface area contributed by atoms with Crippen LogP contribution in [0.15, 0.2) is 54.6 Å². The lowest BCUT2D eigenvalue weighted by atomic mass is 9.51. The topological polar surface area (TPSA) is 184 Å². The fourth-order valence-electron chi connectivity index (χ4n) is 9.46. The summed E-state index contributed by atoms with van der Waals surface area (Å²) in [6.45, 7) is 5.59. The highest BCUT2D eigenvalue weighted by Gasteiger charge is 3.04. The molecule has 2 spiro atoms. The first-order chi connectivity index (χ1) is 21.3. The molecular formula is C32H30O13. The van der Waals surface area contributed by atoms with E-state index < -0.39 is 94.1 Å². The van der Waals surface area contributed by atoms with Gasteiger partial charge in [0.25, 0.3) is 0 Å². The summed E-state index contributed by atoms with van der Waals surface area (Å²) in [5.74, 6) is -3.95. The number of carbonyl (C=O) groups is 4. The van der Waals surface area contributed by atoms with Gasteiger partial charge < -0.3 is 43.7 Å². The fourth-order valence-corrected chi connectivity index (χ4v) is 9.46. The van der Waals surface area contributed by atoms with E-state index in [2.05, 4.69) is 0 Å². The summed E-state index contributed by atoms with van der Waals surface area (Å²) in [6.07, 6.45) is -10.5. The Bertz CT molecular complexity index is 1650. The van der Waals surface area contributed by atoms with Gasteiger partial charge in [-0.1, -0.05) is 39.0 Å². The van der Waals surface area contributed by atoms with E-state index in [1.54, 1.807) is 24.3 Å². The number of aliphatic hydroxyl groups is 3. The van der Waals surface area contributed by atoms with E-state index >= 15 is 0 Å². The summed E-state index contributed by atoms with van der Waals surface area (Å²) in [5.41, 5.74) is -9.85. The van der Waals surface area contributed by atoms with Gasteiger partial charge in [-0.25, -0.2) is 19.2 Å². The van der Waals surface area contributed by atoms with Crippen molar-refractivity contribution < 1.29 is 62.9 Å². The van der Waals surface area contributed by atoms with Gasteiger partial charge in [-0.3, -0.25) is 0 Å². The van der Waals surface area contributed by atoms with E-state index in [1.807, 2.05) is 39.0 Å². The number of hydrogen-bond donors (Lipinski definition) is 3. The van der Waals surface area contributed by atoms with E-state index in [-0.39, 0.29) is 12.0 Å². The van der Waals surface area contributed by atoms with Crippen LogP contribution in [0.1, 0.15) is 37.6 Å². The SMILES string of the molecule is CC(C)(C)C1CC2OC(=O)C34OC5OC(=O)[C@H](OC(=O)c6ccc(Oc7ccccc7)cc6)C51C23[C@@H](O)C1OC(=O)[C@@H](O)[C@@]14O. The number of fused-ring (bicyclic) bond motifs is 1. The molecule has 4 heterocycles. The number of esters is 4. The van der Waals surface area contributed by atoms with Gasteiger partial charge in [0, 0.05) is 0 Å². The summed E-state index contributed by atoms with van der Waals surface area (Å²) in [6, 6.07) is 15.0. The van der Waals surface area contributed by atoms with E-state index in [0.29, 0.717) is 11.5 Å². The Labute approximate surface area is 255 Å². The second-order valence-electron chi connectivity index (χ2n) is 13.7. The van der Waals surface area contributed by atoms with E-state index in [1.165, 1.54) is 12.1 Å². The highest BCUT2D eigenvalue weighted by Crippen LogP contribution is 2.84. The molecule has 11 atom stereocenters. The molecule has 45 heavy (non-hydrogen) atoms. The number of carbonyl (C=O) groups excluding carboxylic acids is 4. The predicted molar refractivity (Wildman–Crippen MR) is 145 cm³/mol. The van der Waals surface area contributed by atoms with Crippen LogP contribution in [0.3, 0.4) is 0 Å². The van der Waals surface area contributed by atoms with Gasteiger partial charge in [0.05, 0.1) is 16.4 Å². The number of rotatable bonds is 4. The molecule has 2 saturated carbocycles. The quantitative estimate of drug-likeness (QED) is 0.325. The van der Waals surface area contributed by atoms with Crippen molar-refractivity contribution in [3.05, 3.63) is 60.2 Å². The van der Waals surface area contributed by atoms with Crippen molar-refractivity contribution in [2.45, 2.75) is 75.2 Å². The number of ether oxygens (including phenoxy) is 6. The second kappa shape index (κ2) is 8.60. The maximum atomic E-state index is 13.8. The Balaban J connectivity index is 1.23. The highest BCUT2D eigenvalue weighted by molar-refractivity contribution is 5.96. The molecule has 0 aromatic heterocycles. The summed E-state index contributed by atoms with van der Waals surface area (Å²) < 4.78 is 34.7. The zero-order chi connectivity index (χ0) is 31.9. The monoisotopic (exact) mass is 622 g/mol. The molecule has 2 aromatic carbocycles. The molecule has 4 saturated heterocycles. The number of para-hydroxylation sites is 1. The van der Waals surface area contributed by atoms with Crippen LogP contribution in [0.4, 0.5) is 0 Å². The fraction of sp³-hybridized carbons (Fsp3) is 0.500. The number of benzene rings is 2. The third-order valence-corrected chi connectivity index (χ3v) is 10.9. The van der Waals surface area contributed by atoms with Gasteiger partial charge in [-0.2, -0.15) is 0 Å². The van der Waals surface area contributed by atoms with E-state index in [9.17, 15) is 34.5 Å². The Kier molecular flexibility index (Phi) is 5.44. The van der Waals surface area contributed by atoms with Crippen molar-refractivity contribution in [1.29, 1.82) is 0 Å². The molecular weight excluding hydrogens is 592 g/mol. The van der Waals surface area contributed by atoms with Crippen LogP contribution in [0.25, 0.3) is 0 Å². The molecule has 2 aromatic rings. The van der Waals surface area contributed by atoms with Crippen molar-refractivity contribution in [3.63, 3.8) is 0 Å². The Hall–Kier alpha value is -4.04. The molecule has 0 bridgehead atoms. The molecule has 6 fully saturated rings. The van der Waals surface area contributed by atoms with Crippen LogP contribution in [-0.4, -0.2) is 87.2 Å². The molecule has 4 aliphatic heterocycles. The average Bonchev–Trinajstić information content (AvgIpc) is 3.72. The van der Waals surface area contributed by atoms with Crippen molar-refractivity contribution in [2.75, 3.05) is 0 Å². The van der Waals surface area contributed by atoms with Gasteiger partial charge in [-0.15, -0.1) is 0 Å².